The zero-order chi connectivity index (χ0) is 21.4. The van der Waals surface area contributed by atoms with Gasteiger partial charge in [-0.2, -0.15) is 15.4 Å². The van der Waals surface area contributed by atoms with E-state index in [9.17, 15) is 5.11 Å². The van der Waals surface area contributed by atoms with Gasteiger partial charge < -0.3 is 5.11 Å². The number of para-hydroxylation sites is 1. The number of aromatic nitrogens is 3. The Hall–Kier alpha value is -2.10. The highest BCUT2D eigenvalue weighted by atomic mass is 16.3. The number of allylic oxidation sites excluding steroid dienone is 3. The monoisotopic (exact) mass is 395 g/mol. The first-order valence-electron chi connectivity index (χ1n) is 11.0. The third kappa shape index (κ3) is 3.99. The fourth-order valence-electron chi connectivity index (χ4n) is 4.58. The van der Waals surface area contributed by atoms with E-state index in [0.717, 1.165) is 40.6 Å². The molecule has 1 unspecified atom stereocenters. The quantitative estimate of drug-likeness (QED) is 0.525. The van der Waals surface area contributed by atoms with E-state index >= 15 is 0 Å². The second-order valence-electron chi connectivity index (χ2n) is 10.7. The Bertz CT molecular complexity index is 937. The van der Waals surface area contributed by atoms with Gasteiger partial charge in [0.05, 0.1) is 0 Å². The number of aromatic amines is 1. The van der Waals surface area contributed by atoms with E-state index in [0.29, 0.717) is 5.76 Å². The second kappa shape index (κ2) is 7.62. The van der Waals surface area contributed by atoms with Crippen LogP contribution in [0.25, 0.3) is 16.6 Å². The topological polar surface area (TPSA) is 61.8 Å². The van der Waals surface area contributed by atoms with Crippen molar-refractivity contribution in [2.24, 2.45) is 16.2 Å². The van der Waals surface area contributed by atoms with Crippen LogP contribution in [0.3, 0.4) is 0 Å². The molecule has 1 aromatic carbocycles. The molecule has 0 spiro atoms. The van der Waals surface area contributed by atoms with Crippen molar-refractivity contribution in [1.82, 2.24) is 15.4 Å². The summed E-state index contributed by atoms with van der Waals surface area (Å²) in [7, 11) is 0. The van der Waals surface area contributed by atoms with Gasteiger partial charge in [-0.05, 0) is 40.7 Å². The lowest BCUT2D eigenvalue weighted by molar-refractivity contribution is 0.116. The average molecular weight is 396 g/mol. The summed E-state index contributed by atoms with van der Waals surface area (Å²) in [6.07, 6.45) is 8.02. The molecule has 3 rings (SSSR count). The summed E-state index contributed by atoms with van der Waals surface area (Å²) in [4.78, 5) is 0. The summed E-state index contributed by atoms with van der Waals surface area (Å²) in [6, 6.07) is 6.00. The molecule has 2 aromatic rings. The maximum Gasteiger partial charge on any atom is 0.122 e. The molecule has 1 aliphatic carbocycles. The standard InChI is InChI=1S/C25H37N3O/c1-8-9-10-14-25(24(5,6)7)15-18(22(29)19(16-25)23(2,3)4)17-12-11-13-20-21(17)27-28-26-20/h11-13,15,29H,8-10,14,16H2,1-7H3,(H,26,27,28). The van der Waals surface area contributed by atoms with Crippen LogP contribution in [0.15, 0.2) is 35.6 Å². The van der Waals surface area contributed by atoms with E-state index in [4.69, 9.17) is 0 Å². The third-order valence-corrected chi connectivity index (χ3v) is 6.72. The van der Waals surface area contributed by atoms with Crippen molar-refractivity contribution in [2.45, 2.75) is 80.6 Å². The van der Waals surface area contributed by atoms with E-state index < -0.39 is 0 Å². The van der Waals surface area contributed by atoms with Gasteiger partial charge in [0.25, 0.3) is 0 Å². The Morgan fingerprint density at radius 2 is 1.79 bits per heavy atom. The molecule has 0 fully saturated rings. The first-order chi connectivity index (χ1) is 13.5. The van der Waals surface area contributed by atoms with Crippen LogP contribution in [0, 0.1) is 16.2 Å². The summed E-state index contributed by atoms with van der Waals surface area (Å²) in [6.45, 7) is 15.9. The van der Waals surface area contributed by atoms with Crippen molar-refractivity contribution < 1.29 is 5.11 Å². The molecule has 4 nitrogen and oxygen atoms in total. The van der Waals surface area contributed by atoms with Crippen molar-refractivity contribution in [1.29, 1.82) is 0 Å². The largest absolute Gasteiger partial charge is 0.507 e. The van der Waals surface area contributed by atoms with Gasteiger partial charge in [-0.15, -0.1) is 0 Å². The molecule has 0 radical (unpaired) electrons. The lowest BCUT2D eigenvalue weighted by atomic mass is 9.56. The predicted octanol–water partition coefficient (Wildman–Crippen LogP) is 7.22. The number of benzene rings is 1. The van der Waals surface area contributed by atoms with Crippen molar-refractivity contribution >= 4 is 16.6 Å². The van der Waals surface area contributed by atoms with E-state index in [1.807, 2.05) is 12.1 Å². The first kappa shape index (κ1) is 21.6. The normalized spacial score (nSPS) is 21.0. The number of unbranched alkanes of at least 4 members (excludes halogenated alkanes) is 2. The number of hydrogen-bond donors (Lipinski definition) is 2. The van der Waals surface area contributed by atoms with Gasteiger partial charge in [-0.3, -0.25) is 0 Å². The summed E-state index contributed by atoms with van der Waals surface area (Å²) in [5, 5.41) is 22.8. The highest BCUT2D eigenvalue weighted by Crippen LogP contribution is 2.56. The molecule has 0 amide bonds. The molecule has 1 atom stereocenters. The molecule has 0 aliphatic heterocycles. The van der Waals surface area contributed by atoms with Gasteiger partial charge >= 0.3 is 0 Å². The molecule has 0 saturated carbocycles. The zero-order valence-corrected chi connectivity index (χ0v) is 19.2. The molecule has 4 heteroatoms. The van der Waals surface area contributed by atoms with Crippen molar-refractivity contribution in [3.63, 3.8) is 0 Å². The van der Waals surface area contributed by atoms with Crippen LogP contribution in [0.5, 0.6) is 0 Å². The molecular weight excluding hydrogens is 358 g/mol. The number of nitrogens with zero attached hydrogens (tertiary/aromatic N) is 2. The number of fused-ring (bicyclic) bond motifs is 1. The molecule has 2 N–H and O–H groups in total. The Morgan fingerprint density at radius 1 is 1.07 bits per heavy atom. The Kier molecular flexibility index (Phi) is 5.68. The second-order valence-corrected chi connectivity index (χ2v) is 10.7. The molecule has 29 heavy (non-hydrogen) atoms. The first-order valence-corrected chi connectivity index (χ1v) is 11.0. The summed E-state index contributed by atoms with van der Waals surface area (Å²) in [5.74, 6) is 0.420. The van der Waals surface area contributed by atoms with Gasteiger partial charge in [0, 0.05) is 11.1 Å². The summed E-state index contributed by atoms with van der Waals surface area (Å²) in [5.41, 5.74) is 4.60. The van der Waals surface area contributed by atoms with E-state index in [1.54, 1.807) is 0 Å². The maximum absolute atomic E-state index is 11.4. The fraction of sp³-hybridized carbons (Fsp3) is 0.600. The van der Waals surface area contributed by atoms with Crippen LogP contribution >= 0.6 is 0 Å². The highest BCUT2D eigenvalue weighted by molar-refractivity contribution is 5.93. The number of nitrogens with one attached hydrogen (secondary N) is 1. The smallest absolute Gasteiger partial charge is 0.122 e. The fourth-order valence-corrected chi connectivity index (χ4v) is 4.58. The predicted molar refractivity (Wildman–Crippen MR) is 122 cm³/mol. The van der Waals surface area contributed by atoms with Crippen LogP contribution < -0.4 is 0 Å². The molecule has 1 heterocycles. The minimum Gasteiger partial charge on any atom is -0.507 e. The number of H-pyrrole nitrogens is 1. The third-order valence-electron chi connectivity index (χ3n) is 6.72. The zero-order valence-electron chi connectivity index (χ0n) is 19.2. The summed E-state index contributed by atoms with van der Waals surface area (Å²) < 4.78 is 0. The van der Waals surface area contributed by atoms with Crippen molar-refractivity contribution in [3.8, 4) is 0 Å². The molecule has 0 saturated heterocycles. The van der Waals surface area contributed by atoms with Gasteiger partial charge in [0.2, 0.25) is 0 Å². The van der Waals surface area contributed by atoms with E-state index in [-0.39, 0.29) is 16.2 Å². The van der Waals surface area contributed by atoms with E-state index in [1.165, 1.54) is 19.3 Å². The van der Waals surface area contributed by atoms with Crippen LogP contribution in [0.1, 0.15) is 86.1 Å². The molecule has 0 bridgehead atoms. The minimum absolute atomic E-state index is 0.0156. The van der Waals surface area contributed by atoms with Gasteiger partial charge in [-0.25, -0.2) is 0 Å². The molecular formula is C25H37N3O. The SMILES string of the molecule is CCCCCC1(C(C)(C)C)C=C(c2cccc3n[nH]nc23)C(O)=C(C(C)(C)C)C1. The minimum atomic E-state index is -0.109. The number of aliphatic hydroxyl groups is 1. The van der Waals surface area contributed by atoms with Crippen molar-refractivity contribution in [3.05, 3.63) is 41.2 Å². The molecule has 1 aromatic heterocycles. The van der Waals surface area contributed by atoms with Gasteiger partial charge in [-0.1, -0.05) is 85.9 Å². The Morgan fingerprint density at radius 3 is 2.41 bits per heavy atom. The summed E-state index contributed by atoms with van der Waals surface area (Å²) >= 11 is 0. The number of hydrogen-bond acceptors (Lipinski definition) is 3. The Balaban J connectivity index is 2.26. The Labute approximate surface area is 175 Å². The average Bonchev–Trinajstić information content (AvgIpc) is 3.10. The number of rotatable bonds is 5. The molecule has 1 aliphatic rings. The maximum atomic E-state index is 11.4. The van der Waals surface area contributed by atoms with Crippen LogP contribution in [0.4, 0.5) is 0 Å². The van der Waals surface area contributed by atoms with E-state index in [2.05, 4.69) is 76.0 Å². The van der Waals surface area contributed by atoms with Gasteiger partial charge in [0.1, 0.15) is 16.8 Å². The van der Waals surface area contributed by atoms with Crippen LogP contribution in [0.2, 0.25) is 0 Å². The highest BCUT2D eigenvalue weighted by Gasteiger charge is 2.45. The molecule has 158 valence electrons. The number of aliphatic hydroxyl groups excluding tert-OH is 1. The van der Waals surface area contributed by atoms with Crippen molar-refractivity contribution in [2.75, 3.05) is 0 Å². The van der Waals surface area contributed by atoms with Crippen LogP contribution in [-0.2, 0) is 0 Å². The lowest BCUT2D eigenvalue weighted by Crippen LogP contribution is -2.38. The van der Waals surface area contributed by atoms with Gasteiger partial charge in [0.15, 0.2) is 0 Å². The van der Waals surface area contributed by atoms with Crippen LogP contribution in [-0.4, -0.2) is 20.5 Å². The lowest BCUT2D eigenvalue weighted by Gasteiger charge is -2.48.